The van der Waals surface area contributed by atoms with E-state index in [-0.39, 0.29) is 66.9 Å². The summed E-state index contributed by atoms with van der Waals surface area (Å²) in [6, 6.07) is 16.2. The number of amides is 3. The summed E-state index contributed by atoms with van der Waals surface area (Å²) >= 11 is 0. The van der Waals surface area contributed by atoms with Gasteiger partial charge in [-0.1, -0.05) is 24.3 Å². The van der Waals surface area contributed by atoms with Crippen LogP contribution in [0.25, 0.3) is 10.9 Å². The molecule has 12 nitrogen and oxygen atoms in total. The highest BCUT2D eigenvalue weighted by Gasteiger charge is 2.38. The number of nitrogens with zero attached hydrogens (tertiary/aromatic N) is 3. The number of methoxy groups -OCH3 is 1. The summed E-state index contributed by atoms with van der Waals surface area (Å²) in [6.07, 6.45) is 1.28. The Morgan fingerprint density at radius 2 is 1.82 bits per heavy atom. The molecule has 12 heteroatoms. The minimum Gasteiger partial charge on any atom is -0.508 e. The first-order chi connectivity index (χ1) is 21.2. The second-order valence-corrected chi connectivity index (χ2v) is 10.6. The van der Waals surface area contributed by atoms with Gasteiger partial charge in [0.2, 0.25) is 5.91 Å². The Morgan fingerprint density at radius 3 is 2.48 bits per heavy atom. The molecule has 5 rings (SSSR count). The van der Waals surface area contributed by atoms with Crippen molar-refractivity contribution in [2.45, 2.75) is 31.2 Å². The number of rotatable bonds is 10. The lowest BCUT2D eigenvalue weighted by Crippen LogP contribution is -2.58. The van der Waals surface area contributed by atoms with E-state index in [1.54, 1.807) is 70.5 Å². The highest BCUT2D eigenvalue weighted by atomic mass is 16.5. The van der Waals surface area contributed by atoms with Gasteiger partial charge in [0.1, 0.15) is 17.1 Å². The van der Waals surface area contributed by atoms with Gasteiger partial charge in [-0.3, -0.25) is 24.2 Å². The van der Waals surface area contributed by atoms with Crippen LogP contribution in [0, 0.1) is 0 Å². The van der Waals surface area contributed by atoms with Crippen molar-refractivity contribution in [3.63, 3.8) is 0 Å². The van der Waals surface area contributed by atoms with E-state index >= 15 is 0 Å². The first-order valence-corrected chi connectivity index (χ1v) is 14.1. The molecule has 2 unspecified atom stereocenters. The third-order valence-electron chi connectivity index (χ3n) is 7.79. The normalized spacial score (nSPS) is 15.6. The summed E-state index contributed by atoms with van der Waals surface area (Å²) in [7, 11) is 1.38. The second kappa shape index (κ2) is 12.9. The molecule has 2 aromatic heterocycles. The number of phenolic OH excluding ortho intramolecular Hbond substituents is 1. The first kappa shape index (κ1) is 30.1. The molecule has 0 bridgehead atoms. The van der Waals surface area contributed by atoms with Gasteiger partial charge in [-0.2, -0.15) is 0 Å². The lowest BCUT2D eigenvalue weighted by atomic mass is 9.90. The topological polar surface area (TPSA) is 176 Å². The van der Waals surface area contributed by atoms with Gasteiger partial charge in [-0.15, -0.1) is 0 Å². The zero-order valence-electron chi connectivity index (χ0n) is 24.0. The summed E-state index contributed by atoms with van der Waals surface area (Å²) in [5, 5.41) is 19.8. The van der Waals surface area contributed by atoms with Gasteiger partial charge < -0.3 is 34.9 Å². The molecule has 3 heterocycles. The Balaban J connectivity index is 1.53. The Bertz CT molecular complexity index is 1690. The van der Waals surface area contributed by atoms with Crippen molar-refractivity contribution in [2.24, 2.45) is 5.73 Å². The maximum Gasteiger partial charge on any atom is 0.303 e. The van der Waals surface area contributed by atoms with E-state index in [4.69, 9.17) is 14.9 Å². The molecule has 1 saturated heterocycles. The van der Waals surface area contributed by atoms with Crippen molar-refractivity contribution in [2.75, 3.05) is 26.7 Å². The van der Waals surface area contributed by atoms with Gasteiger partial charge in [0, 0.05) is 31.4 Å². The molecule has 44 heavy (non-hydrogen) atoms. The van der Waals surface area contributed by atoms with Crippen LogP contribution in [0.3, 0.4) is 0 Å². The van der Waals surface area contributed by atoms with Crippen LogP contribution in [-0.4, -0.2) is 81.5 Å². The summed E-state index contributed by atoms with van der Waals surface area (Å²) < 4.78 is 10.9. The lowest BCUT2D eigenvalue weighted by molar-refractivity contribution is -0.138. The smallest absolute Gasteiger partial charge is 0.303 e. The Labute approximate surface area is 252 Å². The van der Waals surface area contributed by atoms with Crippen molar-refractivity contribution in [1.29, 1.82) is 0 Å². The number of carboxylic acid groups (broad SMARTS) is 1. The Morgan fingerprint density at radius 1 is 1.07 bits per heavy atom. The number of aromatic nitrogens is 1. The molecule has 2 atom stereocenters. The van der Waals surface area contributed by atoms with Gasteiger partial charge in [0.05, 0.1) is 36.5 Å². The average molecular weight is 601 g/mol. The van der Waals surface area contributed by atoms with E-state index in [2.05, 4.69) is 4.98 Å². The van der Waals surface area contributed by atoms with Gasteiger partial charge in [0.25, 0.3) is 11.8 Å². The number of furan rings is 1. The predicted molar refractivity (Wildman–Crippen MR) is 158 cm³/mol. The highest BCUT2D eigenvalue weighted by molar-refractivity contribution is 6.04. The quantitative estimate of drug-likeness (QED) is 0.247. The lowest BCUT2D eigenvalue weighted by Gasteiger charge is -2.42. The number of hydrogen-bond donors (Lipinski definition) is 3. The third-order valence-corrected chi connectivity index (χ3v) is 7.79. The summed E-state index contributed by atoms with van der Waals surface area (Å²) in [6.45, 7) is 0.445. The maximum atomic E-state index is 14.3. The van der Waals surface area contributed by atoms with E-state index in [1.165, 1.54) is 13.4 Å². The van der Waals surface area contributed by atoms with E-state index in [9.17, 15) is 29.4 Å². The van der Waals surface area contributed by atoms with Crippen molar-refractivity contribution < 1.29 is 38.5 Å². The van der Waals surface area contributed by atoms with E-state index < -0.39 is 29.7 Å². The molecule has 0 radical (unpaired) electrons. The molecule has 0 saturated carbocycles. The summed E-state index contributed by atoms with van der Waals surface area (Å²) in [4.78, 5) is 60.0. The van der Waals surface area contributed by atoms with Crippen LogP contribution in [0.4, 0.5) is 0 Å². The summed E-state index contributed by atoms with van der Waals surface area (Å²) in [5.74, 6) is -3.46. The largest absolute Gasteiger partial charge is 0.508 e. The fourth-order valence-electron chi connectivity index (χ4n) is 5.71. The Hall–Kier alpha value is -5.39. The van der Waals surface area contributed by atoms with Crippen LogP contribution in [0.5, 0.6) is 11.5 Å². The number of fused-ring (bicyclic) bond motifs is 1. The van der Waals surface area contributed by atoms with Gasteiger partial charge in [-0.25, -0.2) is 0 Å². The van der Waals surface area contributed by atoms with Crippen LogP contribution in [-0.2, 0) is 16.0 Å². The molecule has 0 spiro atoms. The number of aliphatic carboxylic acids is 1. The monoisotopic (exact) mass is 600 g/mol. The number of aromatic hydroxyl groups is 1. The number of ether oxygens (including phenoxy) is 1. The fraction of sp³-hybridized carbons (Fsp3) is 0.281. The first-order valence-electron chi connectivity index (χ1n) is 14.1. The Kier molecular flexibility index (Phi) is 8.79. The number of hydrogen-bond acceptors (Lipinski definition) is 8. The highest BCUT2D eigenvalue weighted by Crippen LogP contribution is 2.36. The molecule has 1 aliphatic rings. The summed E-state index contributed by atoms with van der Waals surface area (Å²) in [5.41, 5.74) is 7.05. The van der Waals surface area contributed by atoms with Gasteiger partial charge in [-0.05, 0) is 54.8 Å². The molecule has 3 amide bonds. The molecule has 1 fully saturated rings. The van der Waals surface area contributed by atoms with Gasteiger partial charge in [0.15, 0.2) is 5.76 Å². The van der Waals surface area contributed by atoms with Gasteiger partial charge >= 0.3 is 5.97 Å². The molecule has 2 aromatic carbocycles. The van der Waals surface area contributed by atoms with Crippen LogP contribution in [0.2, 0.25) is 0 Å². The maximum absolute atomic E-state index is 14.3. The number of carbonyl (C=O) groups excluding carboxylic acids is 3. The van der Waals surface area contributed by atoms with Crippen LogP contribution < -0.4 is 10.5 Å². The van der Waals surface area contributed by atoms with E-state index in [0.29, 0.717) is 17.3 Å². The van der Waals surface area contributed by atoms with Crippen molar-refractivity contribution >= 4 is 34.6 Å². The number of primary amides is 1. The number of carbonyl (C=O) groups is 4. The number of pyridine rings is 1. The van der Waals surface area contributed by atoms with Crippen LogP contribution in [0.15, 0.2) is 71.3 Å². The van der Waals surface area contributed by atoms with Crippen LogP contribution >= 0.6 is 0 Å². The fourth-order valence-corrected chi connectivity index (χ4v) is 5.71. The van der Waals surface area contributed by atoms with E-state index in [0.717, 1.165) is 5.56 Å². The van der Waals surface area contributed by atoms with Crippen molar-refractivity contribution in [3.8, 4) is 11.5 Å². The number of para-hydroxylation sites is 1. The third kappa shape index (κ3) is 6.19. The molecular weight excluding hydrogens is 568 g/mol. The number of benzene rings is 2. The second-order valence-electron chi connectivity index (χ2n) is 10.6. The van der Waals surface area contributed by atoms with Crippen molar-refractivity contribution in [1.82, 2.24) is 14.8 Å². The molecule has 4 aromatic rings. The molecule has 0 aliphatic carbocycles. The number of piperazine rings is 1. The predicted octanol–water partition coefficient (Wildman–Crippen LogP) is 3.19. The van der Waals surface area contributed by atoms with Crippen molar-refractivity contribution in [3.05, 3.63) is 89.5 Å². The zero-order valence-corrected chi connectivity index (χ0v) is 24.0. The molecule has 1 aliphatic heterocycles. The number of carboxylic acids is 1. The number of phenols is 1. The SMILES string of the molecule is COc1c(C(N)=O)c(C(CCC(=O)O)C(=O)N2CCN(C(=O)c3ccco3)C(Cc3ccc(O)cc3)C2)nc2ccccc12. The minimum absolute atomic E-state index is 0.0449. The van der Waals surface area contributed by atoms with Crippen LogP contribution in [0.1, 0.15) is 50.9 Å². The number of nitrogens with two attached hydrogens (primary N) is 1. The molecule has 4 N–H and O–H groups in total. The molecular formula is C32H32N4O8. The minimum atomic E-state index is -1.13. The molecule has 228 valence electrons. The zero-order chi connectivity index (χ0) is 31.4. The van der Waals surface area contributed by atoms with E-state index in [1.807, 2.05) is 0 Å². The standard InChI is InChI=1S/C32H32N4O8/c1-43-29-22-5-2-3-6-24(22)34-28(27(29)30(33)40)23(12-13-26(38)39)31(41)35-14-15-36(32(42)25-7-4-16-44-25)20(18-35)17-19-8-10-21(37)11-9-19/h2-11,16,20,23,37H,12-15,17-18H2,1H3,(H2,33,40)(H,38,39). The average Bonchev–Trinajstić information content (AvgIpc) is 3.56.